The van der Waals surface area contributed by atoms with E-state index in [0.717, 1.165) is 50.1 Å². The van der Waals surface area contributed by atoms with Crippen LogP contribution in [0.15, 0.2) is 11.6 Å². The number of thiazole rings is 1. The first-order chi connectivity index (χ1) is 10.7. The van der Waals surface area contributed by atoms with Gasteiger partial charge in [-0.3, -0.25) is 9.69 Å². The number of nitrogens with one attached hydrogen (secondary N) is 1. The summed E-state index contributed by atoms with van der Waals surface area (Å²) in [7, 11) is 0. The highest BCUT2D eigenvalue weighted by Gasteiger charge is 2.23. The van der Waals surface area contributed by atoms with Crippen molar-refractivity contribution >= 4 is 22.4 Å². The van der Waals surface area contributed by atoms with Crippen LogP contribution in [-0.2, 0) is 4.79 Å². The van der Waals surface area contributed by atoms with Gasteiger partial charge in [-0.1, -0.05) is 6.92 Å². The first-order valence-corrected chi connectivity index (χ1v) is 9.25. The second-order valence-electron chi connectivity index (χ2n) is 6.60. The Kier molecular flexibility index (Phi) is 5.31. The minimum atomic E-state index is 0.197. The molecule has 1 saturated heterocycles. The first-order valence-electron chi connectivity index (χ1n) is 8.37. The molecule has 1 aromatic rings. The van der Waals surface area contributed by atoms with Crippen molar-refractivity contribution in [2.75, 3.05) is 37.6 Å². The monoisotopic (exact) mass is 322 g/mol. The van der Waals surface area contributed by atoms with E-state index in [1.54, 1.807) is 11.3 Å². The molecule has 22 heavy (non-hydrogen) atoms. The fourth-order valence-corrected chi connectivity index (χ4v) is 4.05. The molecule has 6 heteroatoms. The first kappa shape index (κ1) is 15.7. The Hall–Kier alpha value is -1.14. The molecule has 0 spiro atoms. The number of amides is 1. The molecule has 1 amide bonds. The van der Waals surface area contributed by atoms with E-state index in [0.29, 0.717) is 12.6 Å². The fourth-order valence-electron chi connectivity index (χ4n) is 3.35. The lowest BCUT2D eigenvalue weighted by Crippen LogP contribution is -2.50. The zero-order chi connectivity index (χ0) is 15.4. The van der Waals surface area contributed by atoms with Crippen molar-refractivity contribution in [3.05, 3.63) is 11.6 Å². The number of carbonyl (C=O) groups is 1. The van der Waals surface area contributed by atoms with Gasteiger partial charge in [0.2, 0.25) is 5.91 Å². The van der Waals surface area contributed by atoms with Crippen molar-refractivity contribution in [1.82, 2.24) is 15.2 Å². The van der Waals surface area contributed by atoms with E-state index in [1.807, 2.05) is 11.6 Å². The van der Waals surface area contributed by atoms with Crippen LogP contribution >= 0.6 is 11.3 Å². The Morgan fingerprint density at radius 1 is 1.27 bits per heavy atom. The van der Waals surface area contributed by atoms with Gasteiger partial charge in [-0.15, -0.1) is 11.3 Å². The number of anilines is 1. The molecule has 0 atom stereocenters. The highest BCUT2D eigenvalue weighted by Crippen LogP contribution is 2.23. The Bertz CT molecular complexity index is 463. The van der Waals surface area contributed by atoms with Crippen LogP contribution in [0.2, 0.25) is 0 Å². The summed E-state index contributed by atoms with van der Waals surface area (Å²) in [5.41, 5.74) is 0. The topological polar surface area (TPSA) is 48.5 Å². The summed E-state index contributed by atoms with van der Waals surface area (Å²) in [4.78, 5) is 21.1. The molecule has 5 nitrogen and oxygen atoms in total. The predicted molar refractivity (Wildman–Crippen MR) is 90.3 cm³/mol. The van der Waals surface area contributed by atoms with Crippen LogP contribution in [0.1, 0.15) is 32.6 Å². The molecular formula is C16H26N4OS. The van der Waals surface area contributed by atoms with Crippen LogP contribution in [0.3, 0.4) is 0 Å². The number of hydrogen-bond acceptors (Lipinski definition) is 5. The maximum absolute atomic E-state index is 12.2. The standard InChI is InChI=1S/C16H26N4OS/c1-13-2-4-14(5-3-13)18-15(21)12-19-7-9-20(10-8-19)16-17-6-11-22-16/h6,11,13-14H,2-5,7-10,12H2,1H3,(H,18,21). The van der Waals surface area contributed by atoms with Gasteiger partial charge in [0.1, 0.15) is 0 Å². The minimum absolute atomic E-state index is 0.197. The van der Waals surface area contributed by atoms with Crippen LogP contribution in [0.25, 0.3) is 0 Å². The van der Waals surface area contributed by atoms with E-state index in [1.165, 1.54) is 12.8 Å². The van der Waals surface area contributed by atoms with Crippen LogP contribution in [0.4, 0.5) is 5.13 Å². The van der Waals surface area contributed by atoms with Crippen molar-refractivity contribution < 1.29 is 4.79 Å². The second-order valence-corrected chi connectivity index (χ2v) is 7.48. The van der Waals surface area contributed by atoms with Crippen molar-refractivity contribution in [2.45, 2.75) is 38.6 Å². The van der Waals surface area contributed by atoms with Crippen molar-refractivity contribution in [2.24, 2.45) is 5.92 Å². The Morgan fingerprint density at radius 2 is 2.00 bits per heavy atom. The summed E-state index contributed by atoms with van der Waals surface area (Å²) in [6.07, 6.45) is 6.63. The highest BCUT2D eigenvalue weighted by atomic mass is 32.1. The summed E-state index contributed by atoms with van der Waals surface area (Å²) < 4.78 is 0. The molecule has 1 N–H and O–H groups in total. The SMILES string of the molecule is CC1CCC(NC(=O)CN2CCN(c3nccs3)CC2)CC1. The largest absolute Gasteiger partial charge is 0.352 e. The van der Waals surface area contributed by atoms with Gasteiger partial charge in [-0.25, -0.2) is 4.98 Å². The summed E-state index contributed by atoms with van der Waals surface area (Å²) in [6.45, 7) is 6.64. The van der Waals surface area contributed by atoms with Gasteiger partial charge in [0.25, 0.3) is 0 Å². The number of carbonyl (C=O) groups excluding carboxylic acids is 1. The summed E-state index contributed by atoms with van der Waals surface area (Å²) in [5.74, 6) is 1.02. The highest BCUT2D eigenvalue weighted by molar-refractivity contribution is 7.13. The fraction of sp³-hybridized carbons (Fsp3) is 0.750. The molecule has 122 valence electrons. The Balaban J connectivity index is 1.38. The minimum Gasteiger partial charge on any atom is -0.352 e. The van der Waals surface area contributed by atoms with Gasteiger partial charge in [-0.2, -0.15) is 0 Å². The van der Waals surface area contributed by atoms with E-state index in [4.69, 9.17) is 0 Å². The molecular weight excluding hydrogens is 296 g/mol. The van der Waals surface area contributed by atoms with Gasteiger partial charge in [0.05, 0.1) is 6.54 Å². The number of piperazine rings is 1. The number of hydrogen-bond donors (Lipinski definition) is 1. The van der Waals surface area contributed by atoms with E-state index >= 15 is 0 Å². The average Bonchev–Trinajstić information content (AvgIpc) is 3.05. The third-order valence-corrected chi connectivity index (χ3v) is 5.64. The molecule has 1 aliphatic heterocycles. The molecule has 1 aliphatic carbocycles. The maximum atomic E-state index is 12.2. The third kappa shape index (κ3) is 4.20. The van der Waals surface area contributed by atoms with Gasteiger partial charge in [0, 0.05) is 43.8 Å². The zero-order valence-corrected chi connectivity index (χ0v) is 14.1. The van der Waals surface area contributed by atoms with Crippen molar-refractivity contribution in [1.29, 1.82) is 0 Å². The van der Waals surface area contributed by atoms with E-state index < -0.39 is 0 Å². The normalized spacial score (nSPS) is 26.9. The number of rotatable bonds is 4. The second kappa shape index (κ2) is 7.42. The zero-order valence-electron chi connectivity index (χ0n) is 13.3. The summed E-state index contributed by atoms with van der Waals surface area (Å²) in [5, 5.41) is 6.33. The van der Waals surface area contributed by atoms with Crippen LogP contribution < -0.4 is 10.2 Å². The average molecular weight is 322 g/mol. The molecule has 3 rings (SSSR count). The van der Waals surface area contributed by atoms with E-state index in [2.05, 4.69) is 27.0 Å². The van der Waals surface area contributed by atoms with Crippen LogP contribution in [0, 0.1) is 5.92 Å². The van der Waals surface area contributed by atoms with Gasteiger partial charge in [0.15, 0.2) is 5.13 Å². The van der Waals surface area contributed by atoms with Crippen LogP contribution in [0.5, 0.6) is 0 Å². The lowest BCUT2D eigenvalue weighted by atomic mass is 9.87. The van der Waals surface area contributed by atoms with Crippen molar-refractivity contribution in [3.63, 3.8) is 0 Å². The molecule has 2 heterocycles. The van der Waals surface area contributed by atoms with E-state index in [9.17, 15) is 4.79 Å². The maximum Gasteiger partial charge on any atom is 0.234 e. The van der Waals surface area contributed by atoms with Crippen LogP contribution in [-0.4, -0.2) is 54.6 Å². The van der Waals surface area contributed by atoms with Gasteiger partial charge < -0.3 is 10.2 Å². The summed E-state index contributed by atoms with van der Waals surface area (Å²) >= 11 is 1.69. The Labute approximate surface area is 136 Å². The lowest BCUT2D eigenvalue weighted by molar-refractivity contribution is -0.123. The molecule has 2 fully saturated rings. The van der Waals surface area contributed by atoms with E-state index in [-0.39, 0.29) is 5.91 Å². The van der Waals surface area contributed by atoms with Crippen molar-refractivity contribution in [3.8, 4) is 0 Å². The smallest absolute Gasteiger partial charge is 0.234 e. The Morgan fingerprint density at radius 3 is 2.64 bits per heavy atom. The van der Waals surface area contributed by atoms with Gasteiger partial charge >= 0.3 is 0 Å². The number of nitrogens with zero attached hydrogens (tertiary/aromatic N) is 3. The molecule has 2 aliphatic rings. The molecule has 0 unspecified atom stereocenters. The molecule has 1 saturated carbocycles. The molecule has 0 aromatic carbocycles. The molecule has 0 bridgehead atoms. The summed E-state index contributed by atoms with van der Waals surface area (Å²) in [6, 6.07) is 0.403. The molecule has 1 aromatic heterocycles. The third-order valence-electron chi connectivity index (χ3n) is 4.81. The predicted octanol–water partition coefficient (Wildman–Crippen LogP) is 1.96. The lowest BCUT2D eigenvalue weighted by Gasteiger charge is -2.34. The molecule has 0 radical (unpaired) electrons. The van der Waals surface area contributed by atoms with Gasteiger partial charge in [-0.05, 0) is 31.6 Å². The quantitative estimate of drug-likeness (QED) is 0.921. The number of aromatic nitrogens is 1.